The fourth-order valence-corrected chi connectivity index (χ4v) is 3.52. The van der Waals surface area contributed by atoms with Crippen LogP contribution >= 0.6 is 0 Å². The van der Waals surface area contributed by atoms with Crippen LogP contribution in [0.5, 0.6) is 0 Å². The Balaban J connectivity index is 1.76. The third-order valence-corrected chi connectivity index (χ3v) is 4.87. The summed E-state index contributed by atoms with van der Waals surface area (Å²) in [6, 6.07) is 19.9. The van der Waals surface area contributed by atoms with Crippen LogP contribution in [0, 0.1) is 0 Å². The summed E-state index contributed by atoms with van der Waals surface area (Å²) in [6.07, 6.45) is -1.78. The molecule has 150 valence electrons. The maximum Gasteiger partial charge on any atom is 0.303 e. The van der Waals surface area contributed by atoms with Gasteiger partial charge in [0.2, 0.25) is 0 Å². The highest BCUT2D eigenvalue weighted by atomic mass is 16.6. The molecule has 5 heteroatoms. The third kappa shape index (κ3) is 5.41. The van der Waals surface area contributed by atoms with E-state index in [4.69, 9.17) is 18.9 Å². The standard InChI is InChI=1S/C23H28O5/c1-16-21(25-14-19-10-6-4-7-11-19)23(22(17(2)27-16)28-18(3)24)26-15-20-12-8-5-9-13-20/h4-13,16-17,21-23H,14-15H2,1-3H3/t16?,17-,21-,22?,23+/m0/s1. The maximum absolute atomic E-state index is 11.7. The highest BCUT2D eigenvalue weighted by Crippen LogP contribution is 2.29. The molecule has 2 aromatic rings. The molecule has 0 saturated carbocycles. The molecular weight excluding hydrogens is 356 g/mol. The summed E-state index contributed by atoms with van der Waals surface area (Å²) in [7, 11) is 0. The largest absolute Gasteiger partial charge is 0.457 e. The highest BCUT2D eigenvalue weighted by Gasteiger charge is 2.46. The zero-order valence-corrected chi connectivity index (χ0v) is 16.6. The van der Waals surface area contributed by atoms with Crippen LogP contribution in [0.4, 0.5) is 0 Å². The molecule has 1 heterocycles. The van der Waals surface area contributed by atoms with E-state index in [-0.39, 0.29) is 24.3 Å². The molecular formula is C23H28O5. The lowest BCUT2D eigenvalue weighted by Crippen LogP contribution is -2.58. The van der Waals surface area contributed by atoms with E-state index in [2.05, 4.69) is 0 Å². The highest BCUT2D eigenvalue weighted by molar-refractivity contribution is 5.66. The Hall–Kier alpha value is -2.21. The molecule has 5 nitrogen and oxygen atoms in total. The summed E-state index contributed by atoms with van der Waals surface area (Å²) >= 11 is 0. The molecule has 0 spiro atoms. The van der Waals surface area contributed by atoms with Crippen LogP contribution < -0.4 is 0 Å². The van der Waals surface area contributed by atoms with E-state index in [1.807, 2.05) is 74.5 Å². The minimum atomic E-state index is -0.529. The molecule has 0 aliphatic carbocycles. The zero-order chi connectivity index (χ0) is 19.9. The van der Waals surface area contributed by atoms with Crippen molar-refractivity contribution < 1.29 is 23.7 Å². The average Bonchev–Trinajstić information content (AvgIpc) is 2.69. The third-order valence-electron chi connectivity index (χ3n) is 4.87. The first kappa shape index (κ1) is 20.5. The molecule has 2 unspecified atom stereocenters. The Morgan fingerprint density at radius 2 is 1.25 bits per heavy atom. The summed E-state index contributed by atoms with van der Waals surface area (Å²) in [5, 5.41) is 0. The molecule has 5 atom stereocenters. The van der Waals surface area contributed by atoms with E-state index in [1.165, 1.54) is 6.92 Å². The van der Waals surface area contributed by atoms with Crippen LogP contribution in [0.1, 0.15) is 31.9 Å². The topological polar surface area (TPSA) is 54.0 Å². The Kier molecular flexibility index (Phi) is 7.20. The van der Waals surface area contributed by atoms with E-state index < -0.39 is 12.2 Å². The summed E-state index contributed by atoms with van der Waals surface area (Å²) in [5.41, 5.74) is 2.12. The van der Waals surface area contributed by atoms with Crippen LogP contribution in [0.15, 0.2) is 60.7 Å². The molecule has 0 aromatic heterocycles. The van der Waals surface area contributed by atoms with Crippen LogP contribution in [0.2, 0.25) is 0 Å². The van der Waals surface area contributed by atoms with Gasteiger partial charge in [-0.2, -0.15) is 0 Å². The predicted molar refractivity (Wildman–Crippen MR) is 106 cm³/mol. The first-order valence-corrected chi connectivity index (χ1v) is 9.68. The van der Waals surface area contributed by atoms with E-state index in [0.29, 0.717) is 13.2 Å². The minimum absolute atomic E-state index is 0.189. The zero-order valence-electron chi connectivity index (χ0n) is 16.6. The summed E-state index contributed by atoms with van der Waals surface area (Å²) in [4.78, 5) is 11.7. The minimum Gasteiger partial charge on any atom is -0.457 e. The van der Waals surface area contributed by atoms with Gasteiger partial charge in [0.1, 0.15) is 12.2 Å². The van der Waals surface area contributed by atoms with Crippen LogP contribution in [0.25, 0.3) is 0 Å². The number of hydrogen-bond donors (Lipinski definition) is 0. The van der Waals surface area contributed by atoms with Gasteiger partial charge >= 0.3 is 5.97 Å². The number of hydrogen-bond acceptors (Lipinski definition) is 5. The van der Waals surface area contributed by atoms with Gasteiger partial charge in [-0.25, -0.2) is 0 Å². The van der Waals surface area contributed by atoms with Gasteiger partial charge in [-0.1, -0.05) is 60.7 Å². The molecule has 0 bridgehead atoms. The van der Waals surface area contributed by atoms with E-state index in [1.54, 1.807) is 0 Å². The van der Waals surface area contributed by atoms with Gasteiger partial charge in [0.05, 0.1) is 25.4 Å². The number of carbonyl (C=O) groups excluding carboxylic acids is 1. The van der Waals surface area contributed by atoms with Crippen molar-refractivity contribution in [3.05, 3.63) is 71.8 Å². The van der Waals surface area contributed by atoms with Crippen LogP contribution in [-0.4, -0.2) is 36.5 Å². The van der Waals surface area contributed by atoms with Crippen molar-refractivity contribution in [1.29, 1.82) is 0 Å². The number of rotatable bonds is 7. The van der Waals surface area contributed by atoms with Gasteiger partial charge in [0, 0.05) is 6.92 Å². The first-order chi connectivity index (χ1) is 13.5. The predicted octanol–water partition coefficient (Wildman–Crippen LogP) is 3.90. The lowest BCUT2D eigenvalue weighted by molar-refractivity contribution is -0.251. The van der Waals surface area contributed by atoms with Crippen molar-refractivity contribution in [2.24, 2.45) is 0 Å². The van der Waals surface area contributed by atoms with Crippen molar-refractivity contribution in [3.8, 4) is 0 Å². The number of ether oxygens (including phenoxy) is 4. The Morgan fingerprint density at radius 1 is 0.786 bits per heavy atom. The number of esters is 1. The number of benzene rings is 2. The van der Waals surface area contributed by atoms with Crippen LogP contribution in [0.3, 0.4) is 0 Å². The molecule has 0 N–H and O–H groups in total. The summed E-state index contributed by atoms with van der Waals surface area (Å²) in [6.45, 7) is 6.11. The second-order valence-electron chi connectivity index (χ2n) is 7.14. The monoisotopic (exact) mass is 384 g/mol. The molecule has 0 amide bonds. The second kappa shape index (κ2) is 9.82. The van der Waals surface area contributed by atoms with Gasteiger partial charge < -0.3 is 18.9 Å². The quantitative estimate of drug-likeness (QED) is 0.678. The summed E-state index contributed by atoms with van der Waals surface area (Å²) in [5.74, 6) is -0.356. The van der Waals surface area contributed by atoms with E-state index in [0.717, 1.165) is 11.1 Å². The fraction of sp³-hybridized carbons (Fsp3) is 0.435. The Bertz CT molecular complexity index is 733. The van der Waals surface area contributed by atoms with Gasteiger partial charge in [-0.05, 0) is 25.0 Å². The normalized spacial score (nSPS) is 27.3. The van der Waals surface area contributed by atoms with Crippen molar-refractivity contribution in [1.82, 2.24) is 0 Å². The number of carbonyl (C=O) groups is 1. The van der Waals surface area contributed by atoms with Crippen molar-refractivity contribution >= 4 is 5.97 Å². The molecule has 28 heavy (non-hydrogen) atoms. The van der Waals surface area contributed by atoms with Crippen molar-refractivity contribution in [2.45, 2.75) is 64.5 Å². The molecule has 1 aliphatic rings. The van der Waals surface area contributed by atoms with Crippen molar-refractivity contribution in [3.63, 3.8) is 0 Å². The van der Waals surface area contributed by atoms with Gasteiger partial charge in [0.25, 0.3) is 0 Å². The lowest BCUT2D eigenvalue weighted by Gasteiger charge is -2.44. The van der Waals surface area contributed by atoms with Gasteiger partial charge in [-0.15, -0.1) is 0 Å². The average molecular weight is 384 g/mol. The molecule has 0 radical (unpaired) electrons. The van der Waals surface area contributed by atoms with Gasteiger partial charge in [-0.3, -0.25) is 4.79 Å². The smallest absolute Gasteiger partial charge is 0.303 e. The molecule has 2 aromatic carbocycles. The van der Waals surface area contributed by atoms with Crippen LogP contribution in [-0.2, 0) is 37.0 Å². The van der Waals surface area contributed by atoms with E-state index in [9.17, 15) is 4.79 Å². The first-order valence-electron chi connectivity index (χ1n) is 9.68. The molecule has 3 rings (SSSR count). The Morgan fingerprint density at radius 3 is 1.75 bits per heavy atom. The molecule has 1 fully saturated rings. The van der Waals surface area contributed by atoms with Gasteiger partial charge in [0.15, 0.2) is 6.10 Å². The lowest BCUT2D eigenvalue weighted by atomic mass is 9.95. The van der Waals surface area contributed by atoms with Crippen molar-refractivity contribution in [2.75, 3.05) is 0 Å². The SMILES string of the molecule is CC(=O)OC1[C@H](C)OC(C)[C@H](OCc2ccccc2)[C@H]1OCc1ccccc1. The van der Waals surface area contributed by atoms with E-state index >= 15 is 0 Å². The molecule has 1 aliphatic heterocycles. The Labute approximate surface area is 166 Å². The molecule has 1 saturated heterocycles. The maximum atomic E-state index is 11.7. The summed E-state index contributed by atoms with van der Waals surface area (Å²) < 4.78 is 24.0. The fourth-order valence-electron chi connectivity index (χ4n) is 3.52. The second-order valence-corrected chi connectivity index (χ2v) is 7.14.